The fourth-order valence-electron chi connectivity index (χ4n) is 8.58. The zero-order valence-electron chi connectivity index (χ0n) is 34.3. The van der Waals surface area contributed by atoms with Crippen LogP contribution in [0, 0.1) is 36.5 Å². The van der Waals surface area contributed by atoms with Crippen molar-refractivity contribution in [3.63, 3.8) is 0 Å². The normalized spacial score (nSPS) is 17.8. The van der Waals surface area contributed by atoms with E-state index in [1.807, 2.05) is 80.3 Å². The average Bonchev–Trinajstić information content (AvgIpc) is 3.58. The smallest absolute Gasteiger partial charge is 0.286 e. The third kappa shape index (κ3) is 7.80. The molecule has 0 spiro atoms. The second-order valence-electron chi connectivity index (χ2n) is 16.2. The highest BCUT2D eigenvalue weighted by Crippen LogP contribution is 2.49. The van der Waals surface area contributed by atoms with E-state index in [2.05, 4.69) is 90.1 Å². The lowest BCUT2D eigenvalue weighted by molar-refractivity contribution is 0.253. The summed E-state index contributed by atoms with van der Waals surface area (Å²) < 4.78 is 0. The molecule has 2 saturated heterocycles. The van der Waals surface area contributed by atoms with E-state index in [0.717, 1.165) is 45.0 Å². The third-order valence-electron chi connectivity index (χ3n) is 11.2. The van der Waals surface area contributed by atoms with Gasteiger partial charge >= 0.3 is 12.1 Å². The molecule has 4 amide bonds. The van der Waals surface area contributed by atoms with E-state index >= 15 is 0 Å². The number of nitrogens with zero attached hydrogens (tertiary/aromatic N) is 6. The van der Waals surface area contributed by atoms with Gasteiger partial charge in [-0.25, -0.2) is 9.59 Å². The van der Waals surface area contributed by atoms with Crippen LogP contribution in [0.4, 0.5) is 32.3 Å². The van der Waals surface area contributed by atoms with Crippen LogP contribution >= 0.6 is 23.2 Å². The van der Waals surface area contributed by atoms with Gasteiger partial charge in [-0.3, -0.25) is 19.6 Å². The van der Waals surface area contributed by atoms with Gasteiger partial charge in [0.2, 0.25) is 0 Å². The predicted molar refractivity (Wildman–Crippen MR) is 242 cm³/mol. The van der Waals surface area contributed by atoms with Crippen LogP contribution in [0.1, 0.15) is 73.2 Å². The van der Waals surface area contributed by atoms with Gasteiger partial charge in [-0.15, -0.1) is 0 Å². The molecule has 8 rings (SSSR count). The second-order valence-corrected chi connectivity index (χ2v) is 17.1. The quantitative estimate of drug-likeness (QED) is 0.167. The fraction of sp³-hybridized carbons (Fsp3) is 0.200. The van der Waals surface area contributed by atoms with Gasteiger partial charge in [0.1, 0.15) is 0 Å². The highest BCUT2D eigenvalue weighted by molar-refractivity contribution is 6.31. The number of hydrogen-bond acceptors (Lipinski definition) is 4. The van der Waals surface area contributed by atoms with Crippen LogP contribution in [0.25, 0.3) is 0 Å². The van der Waals surface area contributed by atoms with E-state index in [-0.39, 0.29) is 24.1 Å². The average molecular weight is 832 g/mol. The summed E-state index contributed by atoms with van der Waals surface area (Å²) in [4.78, 5) is 34.9. The molecule has 0 N–H and O–H groups in total. The van der Waals surface area contributed by atoms with E-state index in [4.69, 9.17) is 33.7 Å². The lowest BCUT2D eigenvalue weighted by Crippen LogP contribution is -2.43. The summed E-state index contributed by atoms with van der Waals surface area (Å²) in [7, 11) is 0. The molecule has 6 aromatic carbocycles. The largest absolute Gasteiger partial charge is 0.330 e. The Balaban J connectivity index is 0.000000181. The number of urea groups is 2. The molecule has 0 saturated carbocycles. The van der Waals surface area contributed by atoms with Crippen LogP contribution in [0.2, 0.25) is 10.0 Å². The summed E-state index contributed by atoms with van der Waals surface area (Å²) in [5.74, 6) is 0. The van der Waals surface area contributed by atoms with Crippen molar-refractivity contribution in [2.24, 2.45) is 0 Å². The van der Waals surface area contributed by atoms with Gasteiger partial charge in [-0.1, -0.05) is 82.9 Å². The zero-order chi connectivity index (χ0) is 42.9. The maximum absolute atomic E-state index is 13.8. The van der Waals surface area contributed by atoms with Gasteiger partial charge in [-0.2, -0.15) is 10.5 Å². The molecule has 6 aromatic rings. The molecule has 8 nitrogen and oxygen atoms in total. The lowest BCUT2D eigenvalue weighted by atomic mass is 9.87. The Bertz CT molecular complexity index is 2450. The van der Waals surface area contributed by atoms with Crippen LogP contribution in [0.15, 0.2) is 146 Å². The van der Waals surface area contributed by atoms with Crippen molar-refractivity contribution in [1.82, 2.24) is 0 Å². The van der Waals surface area contributed by atoms with E-state index < -0.39 is 11.1 Å². The molecule has 2 fully saturated rings. The van der Waals surface area contributed by atoms with Gasteiger partial charge in [0, 0.05) is 32.8 Å². The minimum atomic E-state index is -0.543. The molecular weight excluding hydrogens is 787 g/mol. The van der Waals surface area contributed by atoms with Crippen molar-refractivity contribution >= 4 is 58.0 Å². The predicted octanol–water partition coefficient (Wildman–Crippen LogP) is 13.0. The number of hydrogen-bond donors (Lipinski definition) is 0. The highest BCUT2D eigenvalue weighted by atomic mass is 35.5. The zero-order valence-corrected chi connectivity index (χ0v) is 35.8. The number of anilines is 4. The molecule has 0 unspecified atom stereocenters. The highest BCUT2D eigenvalue weighted by Gasteiger charge is 2.54. The Morgan fingerprint density at radius 3 is 1.10 bits per heavy atom. The number of nitriles is 2. The first kappa shape index (κ1) is 41.6. The number of aryl methyl sites for hydroxylation is 2. The summed E-state index contributed by atoms with van der Waals surface area (Å²) in [5, 5.41) is 19.5. The lowest BCUT2D eigenvalue weighted by Gasteiger charge is -2.35. The van der Waals surface area contributed by atoms with Crippen molar-refractivity contribution in [2.75, 3.05) is 19.6 Å². The molecule has 0 aliphatic carbocycles. The number of benzene rings is 6. The maximum atomic E-state index is 13.8. The molecule has 0 aromatic heterocycles. The van der Waals surface area contributed by atoms with E-state index in [1.54, 1.807) is 48.5 Å². The molecular formula is C50H44Cl2N6O2. The number of carbonyl (C=O) groups is 2. The summed E-state index contributed by atoms with van der Waals surface area (Å²) in [5.41, 5.74) is 7.57. The number of carbonyl (C=O) groups excluding carboxylic acids is 2. The molecule has 2 heterocycles. The van der Waals surface area contributed by atoms with Crippen molar-refractivity contribution < 1.29 is 9.59 Å². The molecule has 10 heteroatoms. The molecule has 2 aliphatic rings. The van der Waals surface area contributed by atoms with Crippen LogP contribution in [-0.4, -0.2) is 23.1 Å². The van der Waals surface area contributed by atoms with Crippen molar-refractivity contribution in [3.8, 4) is 12.1 Å². The van der Waals surface area contributed by atoms with Crippen LogP contribution in [0.5, 0.6) is 0 Å². The van der Waals surface area contributed by atoms with Gasteiger partial charge in [0.25, 0.3) is 0 Å². The van der Waals surface area contributed by atoms with Crippen LogP contribution in [0.3, 0.4) is 0 Å². The fourth-order valence-corrected chi connectivity index (χ4v) is 8.83. The first-order chi connectivity index (χ1) is 28.6. The van der Waals surface area contributed by atoms with Crippen molar-refractivity contribution in [1.29, 1.82) is 10.5 Å². The van der Waals surface area contributed by atoms with Gasteiger partial charge in [0.05, 0.1) is 46.4 Å². The van der Waals surface area contributed by atoms with Gasteiger partial charge < -0.3 is 0 Å². The minimum Gasteiger partial charge on any atom is -0.286 e. The molecule has 2 aliphatic heterocycles. The Morgan fingerprint density at radius 1 is 0.483 bits per heavy atom. The Morgan fingerprint density at radius 2 is 0.800 bits per heavy atom. The number of halogens is 2. The Kier molecular flexibility index (Phi) is 11.5. The summed E-state index contributed by atoms with van der Waals surface area (Å²) >= 11 is 12.2. The monoisotopic (exact) mass is 830 g/mol. The second kappa shape index (κ2) is 16.6. The molecule has 60 heavy (non-hydrogen) atoms. The SMILES string of the molecule is Cc1cccc([C@@H]2N(c3ccc(Cl)cc3)C(=O)N(c3ccc(C#N)cc3)C2(C)C)c1.Cc1cccc([C@H]2N(c3ccc(Cl)cc3)C(=O)N(c3ccc(C#N)cc3)C2(C)C)c1. The molecule has 0 bridgehead atoms. The van der Waals surface area contributed by atoms with Crippen LogP contribution < -0.4 is 19.6 Å². The van der Waals surface area contributed by atoms with Gasteiger partial charge in [-0.05, 0) is 150 Å². The van der Waals surface area contributed by atoms with Gasteiger partial charge in [0.15, 0.2) is 0 Å². The molecule has 0 radical (unpaired) electrons. The summed E-state index contributed by atoms with van der Waals surface area (Å²) in [6.07, 6.45) is 0. The first-order valence-corrected chi connectivity index (χ1v) is 20.3. The summed E-state index contributed by atoms with van der Waals surface area (Å²) in [6, 6.07) is 49.2. The molecule has 2 atom stereocenters. The Hall–Kier alpha value is -6.58. The topological polar surface area (TPSA) is 94.7 Å². The number of rotatable bonds is 6. The standard InChI is InChI=1S/2C25H22ClN3O/c2*1-17-5-4-6-19(15-17)23-25(2,3)29(22-11-7-18(16-27)8-12-22)24(30)28(23)21-13-9-20(26)10-14-21/h2*4-15,23H,1-3H3/t2*23-/m10/s1. The van der Waals surface area contributed by atoms with Crippen LogP contribution in [-0.2, 0) is 0 Å². The number of amides is 4. The molecule has 300 valence electrons. The van der Waals surface area contributed by atoms with Crippen molar-refractivity contribution in [3.05, 3.63) is 189 Å². The minimum absolute atomic E-state index is 0.112. The Labute approximate surface area is 362 Å². The third-order valence-corrected chi connectivity index (χ3v) is 11.7. The van der Waals surface area contributed by atoms with E-state index in [9.17, 15) is 9.59 Å². The summed E-state index contributed by atoms with van der Waals surface area (Å²) in [6.45, 7) is 12.4. The maximum Gasteiger partial charge on any atom is 0.330 e. The van der Waals surface area contributed by atoms with Crippen molar-refractivity contribution in [2.45, 2.75) is 64.7 Å². The van der Waals surface area contributed by atoms with E-state index in [1.165, 1.54) is 0 Å². The van der Waals surface area contributed by atoms with E-state index in [0.29, 0.717) is 21.2 Å². The first-order valence-electron chi connectivity index (χ1n) is 19.6.